The molecule has 0 saturated heterocycles. The fraction of sp³-hybridized carbons (Fsp3) is 0.800. The number of hydrogen-bond donors (Lipinski definition) is 1. The zero-order valence-electron chi connectivity index (χ0n) is 16.1. The first-order valence-electron chi connectivity index (χ1n) is 8.22. The molecule has 0 fully saturated rings. The molecule has 3 nitrogen and oxygen atoms in total. The summed E-state index contributed by atoms with van der Waals surface area (Å²) in [6, 6.07) is 0. The molecule has 0 aromatic heterocycles. The molecule has 0 aliphatic carbocycles. The number of ether oxygens (including phenoxy) is 1. The predicted molar refractivity (Wildman–Crippen MR) is 78.0 cm³/mol. The van der Waals surface area contributed by atoms with E-state index in [0.717, 1.165) is 0 Å². The smallest absolute Gasteiger partial charge is 0.460 e. The molecule has 0 bridgehead atoms. The largest absolute Gasteiger partial charge is 0.464 e. The first-order chi connectivity index (χ1) is 15.2. The van der Waals surface area contributed by atoms with Gasteiger partial charge in [0.2, 0.25) is 0 Å². The Balaban J connectivity index is 6.09. The third-order valence-corrected chi connectivity index (χ3v) is 3.96. The van der Waals surface area contributed by atoms with E-state index in [9.17, 15) is 79.4 Å². The van der Waals surface area contributed by atoms with Gasteiger partial charge in [0, 0.05) is 0 Å². The van der Waals surface area contributed by atoms with Crippen molar-refractivity contribution >= 4 is 5.97 Å². The van der Waals surface area contributed by atoms with E-state index in [1.165, 1.54) is 0 Å². The monoisotopic (exact) mass is 559 g/mol. The summed E-state index contributed by atoms with van der Waals surface area (Å²) in [4.78, 5) is 11.0. The summed E-state index contributed by atoms with van der Waals surface area (Å²) >= 11 is 0. The lowest BCUT2D eigenvalue weighted by Gasteiger charge is -2.42. The van der Waals surface area contributed by atoms with E-state index in [2.05, 4.69) is 4.74 Å². The minimum Gasteiger partial charge on any atom is -0.464 e. The Morgan fingerprint density at radius 2 is 1.03 bits per heavy atom. The quantitative estimate of drug-likeness (QED) is 0.156. The summed E-state index contributed by atoms with van der Waals surface area (Å²) in [5.41, 5.74) is 0. The number of halogens is 17. The lowest BCUT2D eigenvalue weighted by molar-refractivity contribution is -0.461. The van der Waals surface area contributed by atoms with Crippen LogP contribution in [0.2, 0.25) is 0 Å². The molecule has 0 saturated carbocycles. The van der Waals surface area contributed by atoms with E-state index in [0.29, 0.717) is 0 Å². The highest BCUT2D eigenvalue weighted by molar-refractivity contribution is 5.71. The number of hydrogen-bond acceptors (Lipinski definition) is 3. The Bertz CT molecular complexity index is 796. The molecular formula is C15H10F17NO2. The van der Waals surface area contributed by atoms with Crippen LogP contribution in [0.5, 0.6) is 0 Å². The van der Waals surface area contributed by atoms with Gasteiger partial charge >= 0.3 is 53.6 Å². The molecule has 0 aromatic carbocycles. The van der Waals surface area contributed by atoms with E-state index < -0.39 is 73.2 Å². The van der Waals surface area contributed by atoms with Gasteiger partial charge in [0.1, 0.15) is 0 Å². The van der Waals surface area contributed by atoms with Gasteiger partial charge in [-0.15, -0.1) is 6.42 Å². The first kappa shape index (κ1) is 32.8. The first-order valence-corrected chi connectivity index (χ1v) is 8.22. The van der Waals surface area contributed by atoms with Gasteiger partial charge in [-0.3, -0.25) is 10.1 Å². The minimum absolute atomic E-state index is 0.336. The molecule has 0 aliphatic rings. The normalized spacial score (nSPS) is 15.1. The maximum absolute atomic E-state index is 13.6. The SMILES string of the molecule is C#CCNCC(=O)OCCC(F)(F)C(F)(F)C(F)(F)C(F)(F)C(F)(F)C(F)(F)C(F)(F)C(F)(F)F. The van der Waals surface area contributed by atoms with Crippen LogP contribution in [-0.2, 0) is 9.53 Å². The lowest BCUT2D eigenvalue weighted by atomic mass is 9.88. The average Bonchev–Trinajstić information content (AvgIpc) is 2.66. The van der Waals surface area contributed by atoms with Gasteiger partial charge in [-0.1, -0.05) is 5.92 Å². The van der Waals surface area contributed by atoms with Crippen LogP contribution in [0.3, 0.4) is 0 Å². The van der Waals surface area contributed by atoms with Crippen molar-refractivity contribution in [2.45, 2.75) is 54.1 Å². The van der Waals surface area contributed by atoms with Crippen LogP contribution in [0.4, 0.5) is 74.6 Å². The Kier molecular flexibility index (Phi) is 9.08. The second-order valence-corrected chi connectivity index (χ2v) is 6.43. The fourth-order valence-electron chi connectivity index (χ4n) is 1.93. The highest BCUT2D eigenvalue weighted by Gasteiger charge is 2.95. The molecule has 0 unspecified atom stereocenters. The molecule has 1 N–H and O–H groups in total. The van der Waals surface area contributed by atoms with Crippen molar-refractivity contribution < 1.29 is 84.2 Å². The molecule has 0 amide bonds. The molecule has 0 aliphatic heterocycles. The van der Waals surface area contributed by atoms with Crippen molar-refractivity contribution in [3.63, 3.8) is 0 Å². The van der Waals surface area contributed by atoms with Crippen LogP contribution in [0.1, 0.15) is 6.42 Å². The Morgan fingerprint density at radius 1 is 0.657 bits per heavy atom. The number of esters is 1. The fourth-order valence-corrected chi connectivity index (χ4v) is 1.93. The van der Waals surface area contributed by atoms with Gasteiger partial charge in [0.25, 0.3) is 0 Å². The van der Waals surface area contributed by atoms with E-state index in [4.69, 9.17) is 6.42 Å². The van der Waals surface area contributed by atoms with Crippen LogP contribution < -0.4 is 5.32 Å². The predicted octanol–water partition coefficient (Wildman–Crippen LogP) is 5.15. The van der Waals surface area contributed by atoms with Crippen LogP contribution in [-0.4, -0.2) is 73.3 Å². The molecule has 0 radical (unpaired) electrons. The summed E-state index contributed by atoms with van der Waals surface area (Å²) in [6.45, 7) is -3.23. The van der Waals surface area contributed by atoms with Gasteiger partial charge in [-0.2, -0.15) is 74.6 Å². The number of carbonyl (C=O) groups excluding carboxylic acids is 1. The summed E-state index contributed by atoms with van der Waals surface area (Å²) in [6.07, 6.45) is -5.94. The Morgan fingerprint density at radius 3 is 1.40 bits per heavy atom. The summed E-state index contributed by atoms with van der Waals surface area (Å²) in [5.74, 6) is -56.6. The molecule has 0 aromatic rings. The second-order valence-electron chi connectivity index (χ2n) is 6.43. The number of rotatable bonds is 12. The molecular weight excluding hydrogens is 549 g/mol. The van der Waals surface area contributed by atoms with Crippen molar-refractivity contribution in [1.29, 1.82) is 0 Å². The highest BCUT2D eigenvalue weighted by atomic mass is 19.4. The molecule has 206 valence electrons. The summed E-state index contributed by atoms with van der Waals surface area (Å²) < 4.78 is 226. The minimum atomic E-state index is -8.68. The summed E-state index contributed by atoms with van der Waals surface area (Å²) in [7, 11) is 0. The molecule has 0 heterocycles. The van der Waals surface area contributed by atoms with Gasteiger partial charge in [0.15, 0.2) is 0 Å². The van der Waals surface area contributed by atoms with Gasteiger partial charge in [0.05, 0.1) is 26.1 Å². The van der Waals surface area contributed by atoms with E-state index in [1.807, 2.05) is 11.2 Å². The Hall–Kier alpha value is -2.20. The standard InChI is InChI=1S/C15H10F17NO2/c1-2-4-33-6-7(34)35-5-3-8(16,17)9(18,19)10(20,21)11(22,23)12(24,25)13(26,27)14(28,29)15(30,31)32/h1,33H,3-6H2. The molecule has 35 heavy (non-hydrogen) atoms. The lowest BCUT2D eigenvalue weighted by Crippen LogP contribution is -2.74. The molecule has 0 spiro atoms. The van der Waals surface area contributed by atoms with Crippen molar-refractivity contribution in [2.24, 2.45) is 0 Å². The average molecular weight is 559 g/mol. The van der Waals surface area contributed by atoms with Crippen molar-refractivity contribution in [1.82, 2.24) is 5.32 Å². The zero-order chi connectivity index (χ0) is 28.5. The Labute approximate surface area is 182 Å². The summed E-state index contributed by atoms with van der Waals surface area (Å²) in [5, 5.41) is 2.05. The second kappa shape index (κ2) is 9.69. The van der Waals surface area contributed by atoms with E-state index >= 15 is 0 Å². The third-order valence-electron chi connectivity index (χ3n) is 3.96. The number of nitrogens with one attached hydrogen (secondary N) is 1. The molecule has 0 atom stereocenters. The van der Waals surface area contributed by atoms with Gasteiger partial charge in [-0.25, -0.2) is 0 Å². The third kappa shape index (κ3) is 5.33. The van der Waals surface area contributed by atoms with Crippen molar-refractivity contribution in [2.75, 3.05) is 19.7 Å². The number of alkyl halides is 17. The molecule has 0 rings (SSSR count). The maximum atomic E-state index is 13.6. The number of carbonyl (C=O) groups is 1. The molecule has 20 heteroatoms. The van der Waals surface area contributed by atoms with E-state index in [-0.39, 0.29) is 6.54 Å². The maximum Gasteiger partial charge on any atom is 0.460 e. The van der Waals surface area contributed by atoms with Crippen LogP contribution in [0.25, 0.3) is 0 Å². The van der Waals surface area contributed by atoms with Crippen molar-refractivity contribution in [3.05, 3.63) is 0 Å². The van der Waals surface area contributed by atoms with E-state index in [1.54, 1.807) is 0 Å². The van der Waals surface area contributed by atoms with Gasteiger partial charge < -0.3 is 4.74 Å². The van der Waals surface area contributed by atoms with Crippen LogP contribution in [0, 0.1) is 12.3 Å². The van der Waals surface area contributed by atoms with Crippen LogP contribution >= 0.6 is 0 Å². The topological polar surface area (TPSA) is 38.3 Å². The van der Waals surface area contributed by atoms with Crippen molar-refractivity contribution in [3.8, 4) is 12.3 Å². The highest BCUT2D eigenvalue weighted by Crippen LogP contribution is 2.64. The zero-order valence-corrected chi connectivity index (χ0v) is 16.1. The van der Waals surface area contributed by atoms with Gasteiger partial charge in [-0.05, 0) is 0 Å². The number of terminal acetylenes is 1. The van der Waals surface area contributed by atoms with Crippen LogP contribution in [0.15, 0.2) is 0 Å².